The van der Waals surface area contributed by atoms with E-state index in [-0.39, 0.29) is 0 Å². The van der Waals surface area contributed by atoms with Gasteiger partial charge < -0.3 is 4.42 Å². The molecule has 2 aromatic heterocycles. The molecule has 2 aromatic rings. The zero-order valence-electron chi connectivity index (χ0n) is 8.89. The number of aromatic nitrogens is 2. The van der Waals surface area contributed by atoms with E-state index in [0.717, 1.165) is 30.4 Å². The van der Waals surface area contributed by atoms with Gasteiger partial charge in [0.25, 0.3) is 0 Å². The number of furan rings is 1. The highest BCUT2D eigenvalue weighted by atomic mass is 35.5. The zero-order chi connectivity index (χ0) is 11.4. The zero-order valence-corrected chi connectivity index (χ0v) is 10.5. The van der Waals surface area contributed by atoms with Crippen LogP contribution in [0.25, 0.3) is 0 Å². The van der Waals surface area contributed by atoms with Crippen LogP contribution in [0.2, 0.25) is 4.47 Å². The summed E-state index contributed by atoms with van der Waals surface area (Å²) < 4.78 is 5.80. The van der Waals surface area contributed by atoms with Crippen molar-refractivity contribution in [3.05, 3.63) is 33.6 Å². The Bertz CT molecular complexity index is 429. The second-order valence-corrected chi connectivity index (χ2v) is 4.98. The first-order valence-corrected chi connectivity index (χ1v) is 6.20. The molecule has 0 aromatic carbocycles. The van der Waals surface area contributed by atoms with Gasteiger partial charge >= 0.3 is 0 Å². The van der Waals surface area contributed by atoms with Crippen molar-refractivity contribution < 1.29 is 4.42 Å². The van der Waals surface area contributed by atoms with Crippen LogP contribution in [0.4, 0.5) is 0 Å². The van der Waals surface area contributed by atoms with E-state index >= 15 is 0 Å². The van der Waals surface area contributed by atoms with Crippen LogP contribution >= 0.6 is 22.9 Å². The average Bonchev–Trinajstić information content (AvgIpc) is 2.89. The van der Waals surface area contributed by atoms with Crippen molar-refractivity contribution in [2.75, 3.05) is 6.54 Å². The summed E-state index contributed by atoms with van der Waals surface area (Å²) in [4.78, 5) is 2.22. The van der Waals surface area contributed by atoms with E-state index in [1.807, 2.05) is 12.1 Å². The smallest absolute Gasteiger partial charge is 0.207 e. The summed E-state index contributed by atoms with van der Waals surface area (Å²) >= 11 is 7.15. The van der Waals surface area contributed by atoms with Crippen LogP contribution < -0.4 is 0 Å². The molecule has 0 radical (unpaired) electrons. The van der Waals surface area contributed by atoms with E-state index < -0.39 is 0 Å². The van der Waals surface area contributed by atoms with Gasteiger partial charge in [-0.05, 0) is 30.3 Å². The van der Waals surface area contributed by atoms with Crippen molar-refractivity contribution in [3.8, 4) is 0 Å². The molecule has 0 spiro atoms. The van der Waals surface area contributed by atoms with Crippen LogP contribution in [-0.4, -0.2) is 21.6 Å². The summed E-state index contributed by atoms with van der Waals surface area (Å²) in [5.74, 6) is 0.956. The van der Waals surface area contributed by atoms with Crippen LogP contribution in [0, 0.1) is 0 Å². The molecule has 0 amide bonds. The number of rotatable bonds is 5. The summed E-state index contributed by atoms with van der Waals surface area (Å²) in [6, 6.07) is 3.86. The summed E-state index contributed by atoms with van der Waals surface area (Å²) in [5, 5.41) is 8.71. The Hall–Kier alpha value is -0.910. The van der Waals surface area contributed by atoms with Gasteiger partial charge in [0.05, 0.1) is 19.4 Å². The molecule has 2 rings (SSSR count). The molecule has 16 heavy (non-hydrogen) atoms. The van der Waals surface area contributed by atoms with E-state index in [1.165, 1.54) is 11.3 Å². The lowest BCUT2D eigenvalue weighted by Crippen LogP contribution is -2.21. The van der Waals surface area contributed by atoms with Crippen molar-refractivity contribution in [2.24, 2.45) is 0 Å². The number of nitrogens with zero attached hydrogens (tertiary/aromatic N) is 3. The van der Waals surface area contributed by atoms with Gasteiger partial charge in [0, 0.05) is 0 Å². The lowest BCUT2D eigenvalue weighted by atomic mass is 10.4. The first-order valence-electron chi connectivity index (χ1n) is 5.00. The van der Waals surface area contributed by atoms with Gasteiger partial charge in [-0.2, -0.15) is 0 Å². The summed E-state index contributed by atoms with van der Waals surface area (Å²) in [5.41, 5.74) is 0. The number of hydrogen-bond donors (Lipinski definition) is 0. The minimum absolute atomic E-state index is 0.490. The van der Waals surface area contributed by atoms with E-state index in [0.29, 0.717) is 4.47 Å². The summed E-state index contributed by atoms with van der Waals surface area (Å²) in [6.07, 6.45) is 1.69. The third kappa shape index (κ3) is 3.04. The van der Waals surface area contributed by atoms with E-state index in [2.05, 4.69) is 22.0 Å². The second kappa shape index (κ2) is 5.43. The van der Waals surface area contributed by atoms with Crippen LogP contribution in [-0.2, 0) is 13.1 Å². The van der Waals surface area contributed by atoms with Crippen molar-refractivity contribution >= 4 is 22.9 Å². The lowest BCUT2D eigenvalue weighted by molar-refractivity contribution is 0.247. The molecule has 4 nitrogen and oxygen atoms in total. The Morgan fingerprint density at radius 2 is 2.31 bits per heavy atom. The molecule has 0 aliphatic carbocycles. The molecule has 2 heterocycles. The first-order chi connectivity index (χ1) is 7.78. The van der Waals surface area contributed by atoms with Crippen LogP contribution in [0.15, 0.2) is 22.8 Å². The minimum Gasteiger partial charge on any atom is -0.468 e. The Labute approximate surface area is 103 Å². The molecule has 0 aliphatic rings. The third-order valence-electron chi connectivity index (χ3n) is 2.21. The molecule has 0 saturated carbocycles. The SMILES string of the molecule is CCN(Cc1ccco1)Cc1nnc(Cl)s1. The molecule has 0 saturated heterocycles. The maximum atomic E-state index is 5.74. The molecule has 0 aliphatic heterocycles. The monoisotopic (exact) mass is 257 g/mol. The van der Waals surface area contributed by atoms with E-state index in [1.54, 1.807) is 6.26 Å². The van der Waals surface area contributed by atoms with Gasteiger partial charge in [0.2, 0.25) is 4.47 Å². The molecule has 0 bridgehead atoms. The predicted molar refractivity (Wildman–Crippen MR) is 63.4 cm³/mol. The molecule has 0 unspecified atom stereocenters. The summed E-state index contributed by atoms with van der Waals surface area (Å²) in [6.45, 7) is 4.56. The second-order valence-electron chi connectivity index (χ2n) is 3.33. The molecule has 6 heteroatoms. The standard InChI is InChI=1S/C10H12ClN3OS/c1-2-14(6-8-4-3-5-15-8)7-9-12-13-10(11)16-9/h3-5H,2,6-7H2,1H3. The number of hydrogen-bond acceptors (Lipinski definition) is 5. The van der Waals surface area contributed by atoms with Gasteiger partial charge in [-0.15, -0.1) is 10.2 Å². The minimum atomic E-state index is 0.490. The van der Waals surface area contributed by atoms with Gasteiger partial charge in [-0.3, -0.25) is 4.90 Å². The Morgan fingerprint density at radius 1 is 1.44 bits per heavy atom. The van der Waals surface area contributed by atoms with Gasteiger partial charge in [-0.1, -0.05) is 18.3 Å². The van der Waals surface area contributed by atoms with Crippen molar-refractivity contribution in [1.82, 2.24) is 15.1 Å². The fourth-order valence-electron chi connectivity index (χ4n) is 1.39. The first kappa shape index (κ1) is 11.6. The van der Waals surface area contributed by atoms with E-state index in [4.69, 9.17) is 16.0 Å². The molecule has 0 N–H and O–H groups in total. The Kier molecular flexibility index (Phi) is 3.93. The van der Waals surface area contributed by atoms with Crippen LogP contribution in [0.3, 0.4) is 0 Å². The van der Waals surface area contributed by atoms with Crippen LogP contribution in [0.1, 0.15) is 17.7 Å². The fraction of sp³-hybridized carbons (Fsp3) is 0.400. The van der Waals surface area contributed by atoms with Crippen molar-refractivity contribution in [2.45, 2.75) is 20.0 Å². The van der Waals surface area contributed by atoms with Gasteiger partial charge in [-0.25, -0.2) is 0 Å². The molecule has 0 atom stereocenters. The molecule has 86 valence electrons. The Morgan fingerprint density at radius 3 is 2.88 bits per heavy atom. The van der Waals surface area contributed by atoms with Crippen LogP contribution in [0.5, 0.6) is 0 Å². The maximum Gasteiger partial charge on any atom is 0.207 e. The topological polar surface area (TPSA) is 42.2 Å². The third-order valence-corrected chi connectivity index (χ3v) is 3.21. The average molecular weight is 258 g/mol. The van der Waals surface area contributed by atoms with E-state index in [9.17, 15) is 0 Å². The van der Waals surface area contributed by atoms with Crippen molar-refractivity contribution in [1.29, 1.82) is 0 Å². The predicted octanol–water partition coefficient (Wildman–Crippen LogP) is 2.81. The fourth-order valence-corrected chi connectivity index (χ4v) is 2.30. The lowest BCUT2D eigenvalue weighted by Gasteiger charge is -2.16. The highest BCUT2D eigenvalue weighted by Gasteiger charge is 2.09. The quantitative estimate of drug-likeness (QED) is 0.826. The number of halogens is 1. The summed E-state index contributed by atoms with van der Waals surface area (Å²) in [7, 11) is 0. The molecular formula is C10H12ClN3OS. The molecule has 0 fully saturated rings. The normalized spacial score (nSPS) is 11.2. The largest absolute Gasteiger partial charge is 0.468 e. The molecular weight excluding hydrogens is 246 g/mol. The van der Waals surface area contributed by atoms with Gasteiger partial charge in [0.15, 0.2) is 0 Å². The highest BCUT2D eigenvalue weighted by Crippen LogP contribution is 2.17. The maximum absolute atomic E-state index is 5.74. The highest BCUT2D eigenvalue weighted by molar-refractivity contribution is 7.15. The van der Waals surface area contributed by atoms with Crippen molar-refractivity contribution in [3.63, 3.8) is 0 Å². The Balaban J connectivity index is 1.95. The van der Waals surface area contributed by atoms with Gasteiger partial charge in [0.1, 0.15) is 10.8 Å².